The molecule has 8 heteroatoms. The zero-order valence-electron chi connectivity index (χ0n) is 8.60. The molecule has 0 amide bonds. The fraction of sp³-hybridized carbons (Fsp3) is 0.300. The van der Waals surface area contributed by atoms with Crippen molar-refractivity contribution in [1.82, 2.24) is 0 Å². The van der Waals surface area contributed by atoms with Crippen molar-refractivity contribution in [2.75, 3.05) is 5.75 Å². The second-order valence-corrected chi connectivity index (χ2v) is 4.28. The zero-order valence-corrected chi connectivity index (χ0v) is 9.42. The highest BCUT2D eigenvalue weighted by molar-refractivity contribution is 8.00. The van der Waals surface area contributed by atoms with Gasteiger partial charge in [-0.25, -0.2) is 0 Å². The van der Waals surface area contributed by atoms with Gasteiger partial charge in [-0.15, -0.1) is 11.8 Å². The third-order valence-corrected chi connectivity index (χ3v) is 2.84. The van der Waals surface area contributed by atoms with Crippen LogP contribution in [-0.2, 0) is 11.0 Å². The van der Waals surface area contributed by atoms with Crippen LogP contribution in [0.4, 0.5) is 26.3 Å². The molecule has 0 atom stereocenters. The molecule has 18 heavy (non-hydrogen) atoms. The van der Waals surface area contributed by atoms with E-state index in [2.05, 4.69) is 0 Å². The second-order valence-electron chi connectivity index (χ2n) is 3.24. The van der Waals surface area contributed by atoms with Crippen molar-refractivity contribution in [1.29, 1.82) is 0 Å². The van der Waals surface area contributed by atoms with Crippen LogP contribution in [0, 0.1) is 0 Å². The van der Waals surface area contributed by atoms with Gasteiger partial charge in [-0.1, -0.05) is 6.07 Å². The van der Waals surface area contributed by atoms with Gasteiger partial charge in [0.2, 0.25) is 5.78 Å². The molecule has 0 N–H and O–H groups in total. The predicted molar refractivity (Wildman–Crippen MR) is 53.2 cm³/mol. The maximum atomic E-state index is 12.3. The van der Waals surface area contributed by atoms with Crippen molar-refractivity contribution in [3.8, 4) is 0 Å². The number of ketones is 1. The van der Waals surface area contributed by atoms with Crippen molar-refractivity contribution >= 4 is 17.5 Å². The van der Waals surface area contributed by atoms with E-state index in [-0.39, 0.29) is 4.90 Å². The highest BCUT2D eigenvalue weighted by Gasteiger charge is 2.37. The van der Waals surface area contributed by atoms with E-state index >= 15 is 0 Å². The number of alkyl halides is 6. The van der Waals surface area contributed by atoms with Crippen LogP contribution in [-0.4, -0.2) is 17.7 Å². The number of hydrogen-bond donors (Lipinski definition) is 0. The van der Waals surface area contributed by atoms with E-state index in [1.165, 1.54) is 6.07 Å². The zero-order chi connectivity index (χ0) is 14.0. The van der Waals surface area contributed by atoms with Crippen LogP contribution in [0.1, 0.15) is 5.56 Å². The lowest BCUT2D eigenvalue weighted by atomic mass is 10.2. The second kappa shape index (κ2) is 5.21. The van der Waals surface area contributed by atoms with Crippen LogP contribution >= 0.6 is 11.8 Å². The number of rotatable bonds is 3. The summed E-state index contributed by atoms with van der Waals surface area (Å²) in [6.45, 7) is 0. The van der Waals surface area contributed by atoms with Crippen molar-refractivity contribution in [2.45, 2.75) is 17.2 Å². The summed E-state index contributed by atoms with van der Waals surface area (Å²) in [5.41, 5.74) is -0.966. The van der Waals surface area contributed by atoms with Gasteiger partial charge in [0.25, 0.3) is 0 Å². The van der Waals surface area contributed by atoms with E-state index in [9.17, 15) is 31.1 Å². The van der Waals surface area contributed by atoms with Crippen LogP contribution in [0.25, 0.3) is 0 Å². The molecule has 0 unspecified atom stereocenters. The largest absolute Gasteiger partial charge is 0.450 e. The van der Waals surface area contributed by atoms with E-state index in [1.54, 1.807) is 0 Å². The molecule has 0 bridgehead atoms. The molecule has 1 aromatic carbocycles. The highest BCUT2D eigenvalue weighted by Crippen LogP contribution is 2.32. The van der Waals surface area contributed by atoms with Crippen molar-refractivity contribution in [2.24, 2.45) is 0 Å². The number of halogens is 6. The van der Waals surface area contributed by atoms with Gasteiger partial charge >= 0.3 is 12.4 Å². The summed E-state index contributed by atoms with van der Waals surface area (Å²) in [6, 6.07) is 3.79. The summed E-state index contributed by atoms with van der Waals surface area (Å²) in [6.07, 6.45) is -9.53. The van der Waals surface area contributed by atoms with Crippen LogP contribution in [0.5, 0.6) is 0 Å². The lowest BCUT2D eigenvalue weighted by Crippen LogP contribution is -2.24. The summed E-state index contributed by atoms with van der Waals surface area (Å²) < 4.78 is 72.5. The topological polar surface area (TPSA) is 17.1 Å². The van der Waals surface area contributed by atoms with Gasteiger partial charge in [0.05, 0.1) is 11.3 Å². The fourth-order valence-corrected chi connectivity index (χ4v) is 1.84. The van der Waals surface area contributed by atoms with Gasteiger partial charge in [-0.05, 0) is 18.2 Å². The first-order chi connectivity index (χ1) is 8.10. The van der Waals surface area contributed by atoms with Gasteiger partial charge in [0.1, 0.15) is 0 Å². The average molecular weight is 288 g/mol. The molecule has 0 fully saturated rings. The average Bonchev–Trinajstić information content (AvgIpc) is 2.23. The first kappa shape index (κ1) is 14.9. The Morgan fingerprint density at radius 2 is 1.72 bits per heavy atom. The number of Topliss-reactive ketones (excluding diaryl/α,β-unsaturated/α-hetero) is 1. The third kappa shape index (κ3) is 4.25. The molecule has 0 aromatic heterocycles. The SMILES string of the molecule is O=C(CSc1cccc(C(F)(F)F)c1)C(F)(F)F. The maximum Gasteiger partial charge on any atom is 0.450 e. The molecular formula is C10H6F6OS. The van der Waals surface area contributed by atoms with Crippen molar-refractivity contribution in [3.63, 3.8) is 0 Å². The van der Waals surface area contributed by atoms with Crippen LogP contribution in [0.2, 0.25) is 0 Å². The summed E-state index contributed by atoms with van der Waals surface area (Å²) in [5, 5.41) is 0. The first-order valence-electron chi connectivity index (χ1n) is 4.51. The minimum absolute atomic E-state index is 0.0394. The third-order valence-electron chi connectivity index (χ3n) is 1.85. The molecule has 0 spiro atoms. The minimum atomic E-state index is -4.96. The Balaban J connectivity index is 2.73. The Morgan fingerprint density at radius 3 is 2.22 bits per heavy atom. The number of benzene rings is 1. The molecule has 1 nitrogen and oxygen atoms in total. The lowest BCUT2D eigenvalue weighted by Gasteiger charge is -2.08. The minimum Gasteiger partial charge on any atom is -0.289 e. The number of carbonyl (C=O) groups excluding carboxylic acids is 1. The predicted octanol–water partition coefficient (Wildman–Crippen LogP) is 3.93. The molecule has 1 aromatic rings. The first-order valence-corrected chi connectivity index (χ1v) is 5.49. The standard InChI is InChI=1S/C10H6F6OS/c11-9(12,13)6-2-1-3-7(4-6)18-5-8(17)10(14,15)16/h1-4H,5H2. The number of carbonyl (C=O) groups is 1. The Bertz CT molecular complexity index is 437. The molecule has 0 aliphatic rings. The van der Waals surface area contributed by atoms with E-state index in [1.807, 2.05) is 0 Å². The molecule has 0 radical (unpaired) electrons. The van der Waals surface area contributed by atoms with Crippen LogP contribution < -0.4 is 0 Å². The Morgan fingerprint density at radius 1 is 1.11 bits per heavy atom. The van der Waals surface area contributed by atoms with Crippen LogP contribution in [0.3, 0.4) is 0 Å². The quantitative estimate of drug-likeness (QED) is 0.619. The van der Waals surface area contributed by atoms with Crippen LogP contribution in [0.15, 0.2) is 29.2 Å². The van der Waals surface area contributed by atoms with Gasteiger partial charge in [-0.2, -0.15) is 26.3 Å². The number of hydrogen-bond acceptors (Lipinski definition) is 2. The Hall–Kier alpha value is -1.18. The van der Waals surface area contributed by atoms with Gasteiger partial charge < -0.3 is 0 Å². The van der Waals surface area contributed by atoms with Crippen molar-refractivity contribution in [3.05, 3.63) is 29.8 Å². The molecule has 0 aliphatic carbocycles. The molecule has 0 heterocycles. The molecule has 0 aliphatic heterocycles. The van der Waals surface area contributed by atoms with E-state index in [0.717, 1.165) is 12.1 Å². The fourth-order valence-electron chi connectivity index (χ4n) is 0.993. The Labute approximate surface area is 102 Å². The summed E-state index contributed by atoms with van der Waals surface area (Å²) in [4.78, 5) is 10.5. The van der Waals surface area contributed by atoms with E-state index in [0.29, 0.717) is 17.8 Å². The molecule has 0 saturated heterocycles. The molecular weight excluding hydrogens is 282 g/mol. The van der Waals surface area contributed by atoms with Crippen molar-refractivity contribution < 1.29 is 31.1 Å². The Kier molecular flexibility index (Phi) is 4.31. The van der Waals surface area contributed by atoms with Gasteiger partial charge in [-0.3, -0.25) is 4.79 Å². The molecule has 1 rings (SSSR count). The molecule has 100 valence electrons. The lowest BCUT2D eigenvalue weighted by molar-refractivity contribution is -0.167. The van der Waals surface area contributed by atoms with Gasteiger partial charge in [0, 0.05) is 4.90 Å². The van der Waals surface area contributed by atoms with Gasteiger partial charge in [0.15, 0.2) is 0 Å². The molecule has 0 saturated carbocycles. The summed E-state index contributed by atoms with van der Waals surface area (Å²) >= 11 is 0.416. The van der Waals surface area contributed by atoms with E-state index < -0.39 is 29.5 Å². The van der Waals surface area contributed by atoms with E-state index in [4.69, 9.17) is 0 Å². The maximum absolute atomic E-state index is 12.3. The summed E-state index contributed by atoms with van der Waals surface area (Å²) in [5.74, 6) is -2.92. The highest BCUT2D eigenvalue weighted by atomic mass is 32.2. The summed E-state index contributed by atoms with van der Waals surface area (Å²) in [7, 11) is 0. The smallest absolute Gasteiger partial charge is 0.289 e. The normalized spacial score (nSPS) is 12.6. The monoisotopic (exact) mass is 288 g/mol. The number of thioether (sulfide) groups is 1.